The van der Waals surface area contributed by atoms with Crippen LogP contribution in [0.5, 0.6) is 0 Å². The summed E-state index contributed by atoms with van der Waals surface area (Å²) < 4.78 is 11.5. The average Bonchev–Trinajstić information content (AvgIpc) is 3.24. The molecule has 1 heterocycles. The minimum Gasteiger partial charge on any atom is -0.481 e. The number of nitrogens with zero attached hydrogens (tertiary/aromatic N) is 2. The van der Waals surface area contributed by atoms with Crippen LogP contribution in [0.3, 0.4) is 0 Å². The van der Waals surface area contributed by atoms with Crippen molar-refractivity contribution in [2.75, 3.05) is 32.8 Å². The van der Waals surface area contributed by atoms with Crippen LogP contribution in [-0.4, -0.2) is 71.4 Å². The average molecular weight is 521 g/mol. The standard InChI is InChI=1S/C30H36N2O6/c1-29(2,3)38-28(36)32-16-20-15-30(20,19-32)18-31(14-8-13-26(33)34)27(35)37-17-25-23-11-6-4-9-21(23)22-10-5-7-12-24(22)25/h4-7,9-12,20,25H,8,13-19H2,1-3H3,(H,33,34). The lowest BCUT2D eigenvalue weighted by Crippen LogP contribution is -2.42. The lowest BCUT2D eigenvalue weighted by molar-refractivity contribution is -0.137. The first-order valence-corrected chi connectivity index (χ1v) is 13.4. The highest BCUT2D eigenvalue weighted by atomic mass is 16.6. The Morgan fingerprint density at radius 1 is 1.05 bits per heavy atom. The maximum atomic E-state index is 13.4. The van der Waals surface area contributed by atoms with Gasteiger partial charge in [-0.2, -0.15) is 0 Å². The fourth-order valence-electron chi connectivity index (χ4n) is 6.02. The summed E-state index contributed by atoms with van der Waals surface area (Å²) in [4.78, 5) is 40.5. The van der Waals surface area contributed by atoms with Gasteiger partial charge in [-0.25, -0.2) is 9.59 Å². The molecule has 1 aliphatic heterocycles. The van der Waals surface area contributed by atoms with Gasteiger partial charge in [0.25, 0.3) is 0 Å². The molecule has 2 fully saturated rings. The molecule has 2 amide bonds. The minimum atomic E-state index is -0.892. The number of fused-ring (bicyclic) bond motifs is 4. The maximum Gasteiger partial charge on any atom is 0.410 e. The molecular weight excluding hydrogens is 484 g/mol. The van der Waals surface area contributed by atoms with Crippen molar-refractivity contribution >= 4 is 18.2 Å². The van der Waals surface area contributed by atoms with Gasteiger partial charge < -0.3 is 24.4 Å². The summed E-state index contributed by atoms with van der Waals surface area (Å²) in [6.07, 6.45) is 0.484. The zero-order valence-corrected chi connectivity index (χ0v) is 22.3. The Labute approximate surface area is 223 Å². The largest absolute Gasteiger partial charge is 0.481 e. The molecule has 0 spiro atoms. The molecule has 0 bridgehead atoms. The highest BCUT2D eigenvalue weighted by molar-refractivity contribution is 5.79. The highest BCUT2D eigenvalue weighted by Crippen LogP contribution is 2.58. The van der Waals surface area contributed by atoms with Gasteiger partial charge in [0.05, 0.1) is 0 Å². The molecule has 1 saturated heterocycles. The number of likely N-dealkylation sites (tertiary alicyclic amines) is 1. The van der Waals surface area contributed by atoms with Crippen molar-refractivity contribution in [1.82, 2.24) is 9.80 Å². The molecule has 8 nitrogen and oxygen atoms in total. The number of carboxylic acids is 1. The second kappa shape index (κ2) is 9.97. The summed E-state index contributed by atoms with van der Waals surface area (Å²) in [5.41, 5.74) is 3.85. The Morgan fingerprint density at radius 3 is 2.29 bits per heavy atom. The highest BCUT2D eigenvalue weighted by Gasteiger charge is 2.62. The van der Waals surface area contributed by atoms with Crippen molar-refractivity contribution in [3.05, 3.63) is 59.7 Å². The van der Waals surface area contributed by atoms with E-state index in [1.54, 1.807) is 9.80 Å². The van der Waals surface area contributed by atoms with Gasteiger partial charge in [0.2, 0.25) is 0 Å². The second-order valence-electron chi connectivity index (χ2n) is 11.8. The third-order valence-electron chi connectivity index (χ3n) is 7.88. The first-order chi connectivity index (χ1) is 18.1. The topological polar surface area (TPSA) is 96.4 Å². The quantitative estimate of drug-likeness (QED) is 0.503. The zero-order valence-electron chi connectivity index (χ0n) is 22.3. The van der Waals surface area contributed by atoms with Gasteiger partial charge >= 0.3 is 18.2 Å². The third kappa shape index (κ3) is 5.35. The monoisotopic (exact) mass is 520 g/mol. The summed E-state index contributed by atoms with van der Waals surface area (Å²) in [6, 6.07) is 16.4. The molecule has 1 N–H and O–H groups in total. The van der Waals surface area contributed by atoms with E-state index in [4.69, 9.17) is 14.6 Å². The predicted molar refractivity (Wildman–Crippen MR) is 142 cm³/mol. The van der Waals surface area contributed by atoms with Crippen LogP contribution in [-0.2, 0) is 14.3 Å². The van der Waals surface area contributed by atoms with Crippen LogP contribution in [0.15, 0.2) is 48.5 Å². The van der Waals surface area contributed by atoms with E-state index in [0.29, 0.717) is 38.5 Å². The van der Waals surface area contributed by atoms with E-state index in [2.05, 4.69) is 24.3 Å². The number of aliphatic carboxylic acids is 1. The molecule has 5 rings (SSSR count). The Morgan fingerprint density at radius 2 is 1.68 bits per heavy atom. The molecule has 8 heteroatoms. The lowest BCUT2D eigenvalue weighted by Gasteiger charge is -2.29. The van der Waals surface area contributed by atoms with Crippen molar-refractivity contribution in [3.8, 4) is 11.1 Å². The van der Waals surface area contributed by atoms with E-state index < -0.39 is 17.7 Å². The van der Waals surface area contributed by atoms with Crippen LogP contribution >= 0.6 is 0 Å². The Balaban J connectivity index is 1.26. The summed E-state index contributed by atoms with van der Waals surface area (Å²) in [6.45, 7) is 7.62. The fraction of sp³-hybridized carbons (Fsp3) is 0.500. The number of benzene rings is 2. The van der Waals surface area contributed by atoms with Crippen LogP contribution in [0, 0.1) is 11.3 Å². The van der Waals surface area contributed by atoms with E-state index in [1.807, 2.05) is 45.0 Å². The van der Waals surface area contributed by atoms with Gasteiger partial charge in [0.1, 0.15) is 12.2 Å². The van der Waals surface area contributed by atoms with Crippen LogP contribution in [0.4, 0.5) is 9.59 Å². The van der Waals surface area contributed by atoms with Crippen LogP contribution < -0.4 is 0 Å². The third-order valence-corrected chi connectivity index (χ3v) is 7.88. The SMILES string of the molecule is CC(C)(C)OC(=O)N1CC2CC2(CN(CCCC(=O)O)C(=O)OCC2c3ccccc3-c3ccccc32)C1. The number of piperidine rings is 1. The predicted octanol–water partition coefficient (Wildman–Crippen LogP) is 5.36. The van der Waals surface area contributed by atoms with Gasteiger partial charge in [-0.15, -0.1) is 0 Å². The van der Waals surface area contributed by atoms with Crippen molar-refractivity contribution in [1.29, 1.82) is 0 Å². The summed E-state index contributed by atoms with van der Waals surface area (Å²) in [7, 11) is 0. The molecule has 202 valence electrons. The van der Waals surface area contributed by atoms with Crippen LogP contribution in [0.1, 0.15) is 57.1 Å². The van der Waals surface area contributed by atoms with E-state index >= 15 is 0 Å². The van der Waals surface area contributed by atoms with Gasteiger partial charge in [0.15, 0.2) is 0 Å². The normalized spacial score (nSPS) is 21.3. The number of hydrogen-bond acceptors (Lipinski definition) is 5. The summed E-state index contributed by atoms with van der Waals surface area (Å²) in [5.74, 6) is -0.636. The van der Waals surface area contributed by atoms with E-state index in [1.165, 1.54) is 0 Å². The number of carboxylic acid groups (broad SMARTS) is 1. The number of rotatable bonds is 8. The first kappa shape index (κ1) is 26.1. The van der Waals surface area contributed by atoms with Crippen LogP contribution in [0.2, 0.25) is 0 Å². The smallest absolute Gasteiger partial charge is 0.410 e. The van der Waals surface area contributed by atoms with Crippen LogP contribution in [0.25, 0.3) is 11.1 Å². The fourth-order valence-corrected chi connectivity index (χ4v) is 6.02. The molecular formula is C30H36N2O6. The molecule has 1 saturated carbocycles. The molecule has 0 aromatic heterocycles. The summed E-state index contributed by atoms with van der Waals surface area (Å²) >= 11 is 0. The van der Waals surface area contributed by atoms with Crippen molar-refractivity contribution < 1.29 is 29.0 Å². The molecule has 0 radical (unpaired) electrons. The Hall–Kier alpha value is -3.55. The molecule has 38 heavy (non-hydrogen) atoms. The van der Waals surface area contributed by atoms with E-state index in [0.717, 1.165) is 28.7 Å². The molecule has 2 atom stereocenters. The van der Waals surface area contributed by atoms with Crippen molar-refractivity contribution in [2.24, 2.45) is 11.3 Å². The minimum absolute atomic E-state index is 0.0202. The number of carbonyl (C=O) groups is 3. The molecule has 2 aromatic rings. The molecule has 2 unspecified atom stereocenters. The number of amides is 2. The van der Waals surface area contributed by atoms with Gasteiger partial charge in [-0.1, -0.05) is 48.5 Å². The van der Waals surface area contributed by atoms with Crippen molar-refractivity contribution in [3.63, 3.8) is 0 Å². The Bertz CT molecular complexity index is 1190. The van der Waals surface area contributed by atoms with E-state index in [9.17, 15) is 14.4 Å². The molecule has 2 aliphatic carbocycles. The number of ether oxygens (including phenoxy) is 2. The molecule has 2 aromatic carbocycles. The van der Waals surface area contributed by atoms with Gasteiger partial charge in [0, 0.05) is 43.9 Å². The van der Waals surface area contributed by atoms with Gasteiger partial charge in [-0.05, 0) is 61.8 Å². The summed E-state index contributed by atoms with van der Waals surface area (Å²) in [5, 5.41) is 9.14. The second-order valence-corrected chi connectivity index (χ2v) is 11.8. The first-order valence-electron chi connectivity index (χ1n) is 13.4. The number of hydrogen-bond donors (Lipinski definition) is 1. The zero-order chi connectivity index (χ0) is 27.1. The lowest BCUT2D eigenvalue weighted by atomic mass is 9.98. The van der Waals surface area contributed by atoms with Crippen molar-refractivity contribution in [2.45, 2.75) is 51.6 Å². The Kier molecular flexibility index (Phi) is 6.84. The van der Waals surface area contributed by atoms with E-state index in [-0.39, 0.29) is 30.5 Å². The van der Waals surface area contributed by atoms with Gasteiger partial charge in [-0.3, -0.25) is 4.79 Å². The number of carbonyl (C=O) groups excluding carboxylic acids is 2. The molecule has 3 aliphatic rings. The maximum absolute atomic E-state index is 13.4.